The van der Waals surface area contributed by atoms with Crippen LogP contribution in [0.25, 0.3) is 0 Å². The van der Waals surface area contributed by atoms with E-state index in [0.29, 0.717) is 17.3 Å². The van der Waals surface area contributed by atoms with E-state index in [2.05, 4.69) is 17.3 Å². The van der Waals surface area contributed by atoms with Crippen LogP contribution in [0, 0.1) is 0 Å². The first-order valence-corrected chi connectivity index (χ1v) is 6.49. The number of hydrazine groups is 1. The van der Waals surface area contributed by atoms with Gasteiger partial charge in [-0.1, -0.05) is 13.3 Å². The smallest absolute Gasteiger partial charge is 0.256 e. The molecule has 5 nitrogen and oxygen atoms in total. The van der Waals surface area contributed by atoms with Crippen molar-refractivity contribution in [2.24, 2.45) is 5.84 Å². The van der Waals surface area contributed by atoms with Gasteiger partial charge in [0.15, 0.2) is 0 Å². The van der Waals surface area contributed by atoms with Gasteiger partial charge < -0.3 is 10.3 Å². The Hall–Kier alpha value is -1.62. The van der Waals surface area contributed by atoms with Gasteiger partial charge in [0, 0.05) is 18.8 Å². The number of hydrogen-bond acceptors (Lipinski definition) is 4. The lowest BCUT2D eigenvalue weighted by atomic mass is 10.2. The van der Waals surface area contributed by atoms with Gasteiger partial charge in [-0.05, 0) is 25.3 Å². The molecule has 3 N–H and O–H groups in total. The van der Waals surface area contributed by atoms with Crippen molar-refractivity contribution in [3.63, 3.8) is 0 Å². The number of nitrogens with one attached hydrogen (secondary N) is 1. The largest absolute Gasteiger partial charge is 0.336 e. The van der Waals surface area contributed by atoms with Crippen LogP contribution in [0.1, 0.15) is 43.0 Å². The number of carbonyl (C=O) groups excluding carboxylic acids is 1. The predicted octanol–water partition coefficient (Wildman–Crippen LogP) is 1.77. The van der Waals surface area contributed by atoms with Gasteiger partial charge in [0.05, 0.1) is 17.4 Å². The normalized spacial score (nSPS) is 14.3. The summed E-state index contributed by atoms with van der Waals surface area (Å²) >= 11 is 0. The van der Waals surface area contributed by atoms with Crippen LogP contribution in [-0.2, 0) is 0 Å². The molecule has 1 amide bonds. The fraction of sp³-hybridized carbons (Fsp3) is 0.538. The highest BCUT2D eigenvalue weighted by atomic mass is 16.2. The molecule has 1 aliphatic carbocycles. The monoisotopic (exact) mass is 248 g/mol. The zero-order valence-electron chi connectivity index (χ0n) is 10.7. The SMILES string of the molecule is CCCCN(C(=O)c1ccncc1NN)C1CC1. The van der Waals surface area contributed by atoms with Crippen molar-refractivity contribution in [1.82, 2.24) is 9.88 Å². The van der Waals surface area contributed by atoms with E-state index >= 15 is 0 Å². The number of hydrogen-bond donors (Lipinski definition) is 2. The van der Waals surface area contributed by atoms with Gasteiger partial charge in [0.2, 0.25) is 0 Å². The van der Waals surface area contributed by atoms with E-state index in [1.54, 1.807) is 18.5 Å². The maximum absolute atomic E-state index is 12.5. The molecule has 5 heteroatoms. The lowest BCUT2D eigenvalue weighted by Crippen LogP contribution is -2.34. The number of nitrogens with two attached hydrogens (primary N) is 1. The Bertz CT molecular complexity index is 417. The summed E-state index contributed by atoms with van der Waals surface area (Å²) in [6.45, 7) is 2.96. The van der Waals surface area contributed by atoms with Crippen molar-refractivity contribution in [2.45, 2.75) is 38.6 Å². The van der Waals surface area contributed by atoms with Crippen molar-refractivity contribution in [3.8, 4) is 0 Å². The second-order valence-corrected chi connectivity index (χ2v) is 4.65. The summed E-state index contributed by atoms with van der Waals surface area (Å²) in [5.74, 6) is 5.48. The summed E-state index contributed by atoms with van der Waals surface area (Å²) in [7, 11) is 0. The van der Waals surface area contributed by atoms with E-state index in [-0.39, 0.29) is 5.91 Å². The van der Waals surface area contributed by atoms with E-state index in [0.717, 1.165) is 32.2 Å². The molecule has 1 aromatic heterocycles. The zero-order chi connectivity index (χ0) is 13.0. The first-order valence-electron chi connectivity index (χ1n) is 6.49. The van der Waals surface area contributed by atoms with Crippen LogP contribution in [0.2, 0.25) is 0 Å². The first kappa shape index (κ1) is 12.8. The fourth-order valence-electron chi connectivity index (χ4n) is 2.02. The number of amides is 1. The van der Waals surface area contributed by atoms with Crippen LogP contribution < -0.4 is 11.3 Å². The van der Waals surface area contributed by atoms with Crippen LogP contribution in [0.5, 0.6) is 0 Å². The van der Waals surface area contributed by atoms with Crippen molar-refractivity contribution in [1.29, 1.82) is 0 Å². The summed E-state index contributed by atoms with van der Waals surface area (Å²) in [4.78, 5) is 18.5. The van der Waals surface area contributed by atoms with Crippen molar-refractivity contribution in [3.05, 3.63) is 24.0 Å². The second-order valence-electron chi connectivity index (χ2n) is 4.65. The molecule has 0 atom stereocenters. The number of carbonyl (C=O) groups is 1. The minimum Gasteiger partial charge on any atom is -0.336 e. The number of unbranched alkanes of at least 4 members (excludes halogenated alkanes) is 1. The summed E-state index contributed by atoms with van der Waals surface area (Å²) in [6, 6.07) is 2.14. The molecule has 0 radical (unpaired) electrons. The maximum Gasteiger partial charge on any atom is 0.256 e. The standard InChI is InChI=1S/C13H20N4O/c1-2-3-8-17(10-4-5-10)13(18)11-6-7-15-9-12(11)16-14/h6-7,9-10,16H,2-5,8,14H2,1H3. The highest BCUT2D eigenvalue weighted by molar-refractivity contribution is 5.99. The van der Waals surface area contributed by atoms with Crippen LogP contribution in [0.4, 0.5) is 5.69 Å². The van der Waals surface area contributed by atoms with Crippen molar-refractivity contribution in [2.75, 3.05) is 12.0 Å². The topological polar surface area (TPSA) is 71.2 Å². The fourth-order valence-corrected chi connectivity index (χ4v) is 2.02. The first-order chi connectivity index (χ1) is 8.77. The van der Waals surface area contributed by atoms with Gasteiger partial charge in [-0.3, -0.25) is 15.6 Å². The summed E-state index contributed by atoms with van der Waals surface area (Å²) < 4.78 is 0. The third-order valence-electron chi connectivity index (χ3n) is 3.21. The van der Waals surface area contributed by atoms with E-state index in [1.165, 1.54) is 0 Å². The molecule has 1 saturated carbocycles. The second kappa shape index (κ2) is 5.82. The van der Waals surface area contributed by atoms with Gasteiger partial charge in [-0.2, -0.15) is 0 Å². The van der Waals surface area contributed by atoms with Gasteiger partial charge in [-0.25, -0.2) is 0 Å². The van der Waals surface area contributed by atoms with E-state index < -0.39 is 0 Å². The molecule has 0 bridgehead atoms. The number of nitrogens with zero attached hydrogens (tertiary/aromatic N) is 2. The number of rotatable bonds is 6. The van der Waals surface area contributed by atoms with Crippen molar-refractivity contribution < 1.29 is 4.79 Å². The van der Waals surface area contributed by atoms with Gasteiger partial charge in [0.25, 0.3) is 5.91 Å². The molecule has 0 aromatic carbocycles. The molecule has 0 spiro atoms. The average Bonchev–Trinajstić information content (AvgIpc) is 3.23. The Morgan fingerprint density at radius 1 is 1.61 bits per heavy atom. The van der Waals surface area contributed by atoms with Gasteiger partial charge >= 0.3 is 0 Å². The highest BCUT2D eigenvalue weighted by Crippen LogP contribution is 2.29. The highest BCUT2D eigenvalue weighted by Gasteiger charge is 2.33. The summed E-state index contributed by atoms with van der Waals surface area (Å²) in [5, 5.41) is 0. The van der Waals surface area contributed by atoms with E-state index in [4.69, 9.17) is 5.84 Å². The Balaban J connectivity index is 2.16. The lowest BCUT2D eigenvalue weighted by Gasteiger charge is -2.23. The third-order valence-corrected chi connectivity index (χ3v) is 3.21. The van der Waals surface area contributed by atoms with Crippen LogP contribution in [0.15, 0.2) is 18.5 Å². The Morgan fingerprint density at radius 3 is 3.00 bits per heavy atom. The summed E-state index contributed by atoms with van der Waals surface area (Å²) in [6.07, 6.45) is 7.57. The molecular formula is C13H20N4O. The molecule has 0 saturated heterocycles. The number of aromatic nitrogens is 1. The van der Waals surface area contributed by atoms with E-state index in [1.807, 2.05) is 4.90 Å². The Kier molecular flexibility index (Phi) is 4.15. The maximum atomic E-state index is 12.5. The Morgan fingerprint density at radius 2 is 2.39 bits per heavy atom. The predicted molar refractivity (Wildman–Crippen MR) is 71.0 cm³/mol. The molecular weight excluding hydrogens is 228 g/mol. The third kappa shape index (κ3) is 2.79. The van der Waals surface area contributed by atoms with Crippen molar-refractivity contribution >= 4 is 11.6 Å². The molecule has 1 fully saturated rings. The number of pyridine rings is 1. The van der Waals surface area contributed by atoms with Crippen LogP contribution in [-0.4, -0.2) is 28.4 Å². The Labute approximate surface area is 107 Å². The molecule has 98 valence electrons. The average molecular weight is 248 g/mol. The molecule has 18 heavy (non-hydrogen) atoms. The van der Waals surface area contributed by atoms with Gasteiger partial charge in [0.1, 0.15) is 0 Å². The summed E-state index contributed by atoms with van der Waals surface area (Å²) in [5.41, 5.74) is 3.73. The quantitative estimate of drug-likeness (QED) is 0.594. The van der Waals surface area contributed by atoms with Gasteiger partial charge in [-0.15, -0.1) is 0 Å². The molecule has 1 aromatic rings. The van der Waals surface area contributed by atoms with Crippen LogP contribution in [0.3, 0.4) is 0 Å². The molecule has 1 heterocycles. The molecule has 2 rings (SSSR count). The minimum absolute atomic E-state index is 0.0568. The molecule has 1 aliphatic rings. The zero-order valence-corrected chi connectivity index (χ0v) is 10.7. The number of anilines is 1. The number of nitrogen functional groups attached to an aromatic ring is 1. The minimum atomic E-state index is 0.0568. The van der Waals surface area contributed by atoms with E-state index in [9.17, 15) is 4.79 Å². The molecule has 0 aliphatic heterocycles. The lowest BCUT2D eigenvalue weighted by molar-refractivity contribution is 0.0741. The van der Waals surface area contributed by atoms with Crippen LogP contribution >= 0.6 is 0 Å². The molecule has 0 unspecified atom stereocenters.